The van der Waals surface area contributed by atoms with Gasteiger partial charge in [0.1, 0.15) is 4.99 Å². The van der Waals surface area contributed by atoms with Crippen molar-refractivity contribution in [2.24, 2.45) is 5.92 Å². The molecule has 0 radical (unpaired) electrons. The number of carbonyl (C=O) groups excluding carboxylic acids is 1. The van der Waals surface area contributed by atoms with E-state index in [2.05, 4.69) is 39.7 Å². The molecule has 3 rings (SSSR count). The molecule has 2 aromatic rings. The lowest BCUT2D eigenvalue weighted by Crippen LogP contribution is -2.37. The normalized spacial score (nSPS) is 14.3. The van der Waals surface area contributed by atoms with Gasteiger partial charge in [-0.3, -0.25) is 4.79 Å². The van der Waals surface area contributed by atoms with Gasteiger partial charge in [0.25, 0.3) is 5.91 Å². The number of thiocarbonyl (C=S) groups is 1. The van der Waals surface area contributed by atoms with E-state index in [1.54, 1.807) is 7.11 Å². The van der Waals surface area contributed by atoms with Crippen LogP contribution in [0.4, 0.5) is 5.69 Å². The van der Waals surface area contributed by atoms with Crippen molar-refractivity contribution >= 4 is 51.4 Å². The van der Waals surface area contributed by atoms with Crippen molar-refractivity contribution in [2.45, 2.75) is 26.7 Å². The number of rotatable bonds is 6. The summed E-state index contributed by atoms with van der Waals surface area (Å²) < 4.78 is 12.2. The molecule has 2 aromatic carbocycles. The molecule has 0 spiro atoms. The van der Waals surface area contributed by atoms with Gasteiger partial charge in [0, 0.05) is 24.3 Å². The first-order valence-corrected chi connectivity index (χ1v) is 11.5. The fourth-order valence-corrected chi connectivity index (χ4v) is 4.49. The lowest BCUT2D eigenvalue weighted by Gasteiger charge is -2.32. The molecule has 0 bridgehead atoms. The van der Waals surface area contributed by atoms with Crippen molar-refractivity contribution in [3.63, 3.8) is 0 Å². The average Bonchev–Trinajstić information content (AvgIpc) is 2.72. The molecule has 0 saturated carbocycles. The SMILES string of the molecule is COc1cc(C(=S)N2CCC(C)CC2)cc(I)c1OCC(=O)Nc1cccc(C)c1. The van der Waals surface area contributed by atoms with Crippen molar-refractivity contribution in [3.05, 3.63) is 51.1 Å². The Hall–Kier alpha value is -1.87. The summed E-state index contributed by atoms with van der Waals surface area (Å²) in [4.78, 5) is 15.4. The maximum absolute atomic E-state index is 12.3. The van der Waals surface area contributed by atoms with E-state index in [9.17, 15) is 4.79 Å². The van der Waals surface area contributed by atoms with Crippen LogP contribution < -0.4 is 14.8 Å². The second-order valence-electron chi connectivity index (χ2n) is 7.67. The average molecular weight is 538 g/mol. The van der Waals surface area contributed by atoms with E-state index in [-0.39, 0.29) is 12.5 Å². The van der Waals surface area contributed by atoms with E-state index >= 15 is 0 Å². The van der Waals surface area contributed by atoms with E-state index in [0.29, 0.717) is 11.5 Å². The summed E-state index contributed by atoms with van der Waals surface area (Å²) in [6.45, 7) is 6.13. The molecule has 1 N–H and O–H groups in total. The molecule has 7 heteroatoms. The fraction of sp³-hybridized carbons (Fsp3) is 0.391. The van der Waals surface area contributed by atoms with Crippen molar-refractivity contribution in [2.75, 3.05) is 32.1 Å². The van der Waals surface area contributed by atoms with E-state index in [1.165, 1.54) is 0 Å². The summed E-state index contributed by atoms with van der Waals surface area (Å²) in [5, 5.41) is 2.85. The number of carbonyl (C=O) groups is 1. The Morgan fingerprint density at radius 1 is 1.27 bits per heavy atom. The number of nitrogens with one attached hydrogen (secondary N) is 1. The number of anilines is 1. The van der Waals surface area contributed by atoms with Gasteiger partial charge in [-0.1, -0.05) is 31.3 Å². The molecule has 0 unspecified atom stereocenters. The minimum absolute atomic E-state index is 0.103. The van der Waals surface area contributed by atoms with Gasteiger partial charge < -0.3 is 19.7 Å². The Morgan fingerprint density at radius 2 is 2.00 bits per heavy atom. The Balaban J connectivity index is 1.68. The number of aryl methyl sites for hydroxylation is 1. The molecule has 1 saturated heterocycles. The predicted octanol–water partition coefficient (Wildman–Crippen LogP) is 5.03. The zero-order valence-electron chi connectivity index (χ0n) is 17.5. The predicted molar refractivity (Wildman–Crippen MR) is 133 cm³/mol. The van der Waals surface area contributed by atoms with Crippen LogP contribution in [-0.4, -0.2) is 42.6 Å². The first-order chi connectivity index (χ1) is 14.4. The van der Waals surface area contributed by atoms with Gasteiger partial charge in [0.05, 0.1) is 10.7 Å². The van der Waals surface area contributed by atoms with Crippen LogP contribution in [0, 0.1) is 16.4 Å². The lowest BCUT2D eigenvalue weighted by atomic mass is 9.99. The number of methoxy groups -OCH3 is 1. The van der Waals surface area contributed by atoms with Crippen LogP contribution in [0.25, 0.3) is 0 Å². The maximum Gasteiger partial charge on any atom is 0.262 e. The number of nitrogens with zero attached hydrogens (tertiary/aromatic N) is 1. The molecule has 0 aromatic heterocycles. The Labute approximate surface area is 197 Å². The summed E-state index contributed by atoms with van der Waals surface area (Å²) in [6.07, 6.45) is 2.32. The van der Waals surface area contributed by atoms with Gasteiger partial charge in [-0.25, -0.2) is 0 Å². The van der Waals surface area contributed by atoms with Gasteiger partial charge in [-0.2, -0.15) is 0 Å². The molecule has 0 atom stereocenters. The van der Waals surface area contributed by atoms with Crippen molar-refractivity contribution in [1.29, 1.82) is 0 Å². The summed E-state index contributed by atoms with van der Waals surface area (Å²) in [7, 11) is 1.60. The fourth-order valence-electron chi connectivity index (χ4n) is 3.44. The molecular formula is C23H27IN2O3S. The highest BCUT2D eigenvalue weighted by Crippen LogP contribution is 2.35. The summed E-state index contributed by atoms with van der Waals surface area (Å²) >= 11 is 7.94. The Kier molecular flexibility index (Phi) is 7.93. The minimum Gasteiger partial charge on any atom is -0.493 e. The number of halogens is 1. The highest BCUT2D eigenvalue weighted by molar-refractivity contribution is 14.1. The highest BCUT2D eigenvalue weighted by atomic mass is 127. The third-order valence-corrected chi connectivity index (χ3v) is 6.49. The molecule has 30 heavy (non-hydrogen) atoms. The van der Waals surface area contributed by atoms with Crippen LogP contribution in [0.2, 0.25) is 0 Å². The second-order valence-corrected chi connectivity index (χ2v) is 9.22. The quantitative estimate of drug-likeness (QED) is 0.413. The van der Waals surface area contributed by atoms with E-state index < -0.39 is 0 Å². The van der Waals surface area contributed by atoms with Crippen molar-refractivity contribution in [1.82, 2.24) is 4.90 Å². The van der Waals surface area contributed by atoms with Gasteiger partial charge in [-0.15, -0.1) is 0 Å². The maximum atomic E-state index is 12.3. The van der Waals surface area contributed by atoms with E-state index in [1.807, 2.05) is 43.3 Å². The number of ether oxygens (including phenoxy) is 2. The molecule has 5 nitrogen and oxygen atoms in total. The van der Waals surface area contributed by atoms with Gasteiger partial charge in [0.2, 0.25) is 0 Å². The Morgan fingerprint density at radius 3 is 2.67 bits per heavy atom. The van der Waals surface area contributed by atoms with Gasteiger partial charge >= 0.3 is 0 Å². The monoisotopic (exact) mass is 538 g/mol. The van der Waals surface area contributed by atoms with E-state index in [0.717, 1.165) is 57.2 Å². The molecule has 1 aliphatic heterocycles. The number of benzene rings is 2. The van der Waals surface area contributed by atoms with Crippen LogP contribution >= 0.6 is 34.8 Å². The molecule has 1 amide bonds. The van der Waals surface area contributed by atoms with Crippen LogP contribution in [0.1, 0.15) is 30.9 Å². The van der Waals surface area contributed by atoms with Crippen LogP contribution in [0.3, 0.4) is 0 Å². The third kappa shape index (κ3) is 5.85. The second kappa shape index (κ2) is 10.4. The minimum atomic E-state index is -0.222. The van der Waals surface area contributed by atoms with Crippen molar-refractivity contribution < 1.29 is 14.3 Å². The standard InChI is InChI=1S/C23H27IN2O3S/c1-15-7-9-26(10-8-15)23(30)17-12-19(24)22(20(13-17)28-3)29-14-21(27)25-18-6-4-5-16(2)11-18/h4-6,11-13,15H,7-10,14H2,1-3H3,(H,25,27). The summed E-state index contributed by atoms with van der Waals surface area (Å²) in [5.74, 6) is 1.66. The zero-order valence-corrected chi connectivity index (χ0v) is 20.5. The number of likely N-dealkylation sites (tertiary alicyclic amines) is 1. The number of hydrogen-bond acceptors (Lipinski definition) is 4. The third-order valence-electron chi connectivity index (χ3n) is 5.20. The van der Waals surface area contributed by atoms with Crippen LogP contribution in [0.5, 0.6) is 11.5 Å². The van der Waals surface area contributed by atoms with E-state index in [4.69, 9.17) is 21.7 Å². The molecule has 1 fully saturated rings. The first kappa shape index (κ1) is 22.8. The zero-order chi connectivity index (χ0) is 21.7. The van der Waals surface area contributed by atoms with Crippen LogP contribution in [0.15, 0.2) is 36.4 Å². The topological polar surface area (TPSA) is 50.8 Å². The van der Waals surface area contributed by atoms with Gasteiger partial charge in [-0.05, 0) is 78.1 Å². The first-order valence-electron chi connectivity index (χ1n) is 10.0. The highest BCUT2D eigenvalue weighted by Gasteiger charge is 2.21. The number of hydrogen-bond donors (Lipinski definition) is 1. The molecular weight excluding hydrogens is 511 g/mol. The summed E-state index contributed by atoms with van der Waals surface area (Å²) in [5.41, 5.74) is 2.78. The molecule has 160 valence electrons. The Bertz CT molecular complexity index is 927. The molecule has 1 aliphatic rings. The van der Waals surface area contributed by atoms with Crippen molar-refractivity contribution in [3.8, 4) is 11.5 Å². The largest absolute Gasteiger partial charge is 0.493 e. The van der Waals surface area contributed by atoms with Gasteiger partial charge in [0.15, 0.2) is 18.1 Å². The van der Waals surface area contributed by atoms with Crippen LogP contribution in [-0.2, 0) is 4.79 Å². The lowest BCUT2D eigenvalue weighted by molar-refractivity contribution is -0.118. The molecule has 1 heterocycles. The molecule has 0 aliphatic carbocycles. The number of piperidine rings is 1. The smallest absolute Gasteiger partial charge is 0.262 e. The summed E-state index contributed by atoms with van der Waals surface area (Å²) in [6, 6.07) is 11.6. The number of amides is 1.